The molecule has 1 fully saturated rings. The number of thioether (sulfide) groups is 1. The molecule has 2 rings (SSSR count). The molecule has 1 saturated heterocycles. The summed E-state index contributed by atoms with van der Waals surface area (Å²) in [5.74, 6) is 3.17. The Morgan fingerprint density at radius 2 is 2.25 bits per heavy atom. The molecule has 1 aromatic rings. The average molecular weight is 313 g/mol. The molecule has 1 N–H and O–H groups in total. The molecule has 0 radical (unpaired) electrons. The molecular formula is C16H25ClN2S. The molecule has 2 nitrogen and oxygen atoms in total. The number of hydrogen-bond acceptors (Lipinski definition) is 3. The first-order valence-electron chi connectivity index (χ1n) is 7.37. The zero-order valence-electron chi connectivity index (χ0n) is 12.7. The van der Waals surface area contributed by atoms with Gasteiger partial charge in [0.1, 0.15) is 0 Å². The van der Waals surface area contributed by atoms with Gasteiger partial charge in [-0.25, -0.2) is 0 Å². The molecule has 4 heteroatoms. The molecule has 0 bridgehead atoms. The third-order valence-corrected chi connectivity index (χ3v) is 5.26. The van der Waals surface area contributed by atoms with Gasteiger partial charge >= 0.3 is 0 Å². The molecule has 1 aliphatic heterocycles. The molecule has 0 spiro atoms. The van der Waals surface area contributed by atoms with Gasteiger partial charge in [-0.3, -0.25) is 0 Å². The summed E-state index contributed by atoms with van der Waals surface area (Å²) in [6.07, 6.45) is 1.27. The van der Waals surface area contributed by atoms with Crippen LogP contribution in [0.5, 0.6) is 0 Å². The van der Waals surface area contributed by atoms with Gasteiger partial charge in [0.2, 0.25) is 0 Å². The molecule has 1 aromatic carbocycles. The molecule has 1 unspecified atom stereocenters. The lowest BCUT2D eigenvalue weighted by atomic mass is 10.1. The van der Waals surface area contributed by atoms with Crippen LogP contribution in [0.3, 0.4) is 0 Å². The van der Waals surface area contributed by atoms with Crippen LogP contribution in [0, 0.1) is 5.92 Å². The van der Waals surface area contributed by atoms with Crippen molar-refractivity contribution in [2.24, 2.45) is 5.92 Å². The van der Waals surface area contributed by atoms with Gasteiger partial charge in [0, 0.05) is 36.1 Å². The van der Waals surface area contributed by atoms with E-state index >= 15 is 0 Å². The fourth-order valence-electron chi connectivity index (χ4n) is 2.43. The Morgan fingerprint density at radius 1 is 1.45 bits per heavy atom. The number of nitrogens with one attached hydrogen (secondary N) is 1. The van der Waals surface area contributed by atoms with Crippen LogP contribution in [-0.4, -0.2) is 31.1 Å². The Kier molecular flexibility index (Phi) is 6.06. The van der Waals surface area contributed by atoms with Crippen molar-refractivity contribution in [3.8, 4) is 0 Å². The van der Waals surface area contributed by atoms with Gasteiger partial charge in [-0.1, -0.05) is 31.5 Å². The highest BCUT2D eigenvalue weighted by molar-refractivity contribution is 7.99. The number of rotatable bonds is 6. The molecule has 0 saturated carbocycles. The van der Waals surface area contributed by atoms with E-state index in [1.165, 1.54) is 29.2 Å². The van der Waals surface area contributed by atoms with Gasteiger partial charge in [-0.05, 0) is 42.3 Å². The molecule has 20 heavy (non-hydrogen) atoms. The number of hydrogen-bond donors (Lipinski definition) is 1. The van der Waals surface area contributed by atoms with Gasteiger partial charge < -0.3 is 10.2 Å². The Hall–Kier alpha value is -0.380. The smallest absolute Gasteiger partial charge is 0.0471 e. The lowest BCUT2D eigenvalue weighted by Crippen LogP contribution is -2.31. The predicted molar refractivity (Wildman–Crippen MR) is 92.1 cm³/mol. The molecule has 1 atom stereocenters. The van der Waals surface area contributed by atoms with Gasteiger partial charge in [0.15, 0.2) is 0 Å². The second-order valence-electron chi connectivity index (χ2n) is 5.93. The topological polar surface area (TPSA) is 15.3 Å². The summed E-state index contributed by atoms with van der Waals surface area (Å²) in [4.78, 5) is 2.37. The third-order valence-electron chi connectivity index (χ3n) is 3.77. The lowest BCUT2D eigenvalue weighted by Gasteiger charge is -2.26. The molecule has 1 aliphatic rings. The maximum absolute atomic E-state index is 6.42. The summed E-state index contributed by atoms with van der Waals surface area (Å²) in [5, 5.41) is 4.32. The van der Waals surface area contributed by atoms with Crippen LogP contribution in [0.2, 0.25) is 5.02 Å². The van der Waals surface area contributed by atoms with Gasteiger partial charge in [-0.15, -0.1) is 0 Å². The quantitative estimate of drug-likeness (QED) is 0.854. The van der Waals surface area contributed by atoms with Crippen LogP contribution in [0.1, 0.15) is 25.8 Å². The summed E-state index contributed by atoms with van der Waals surface area (Å²) in [7, 11) is 2.18. The minimum Gasteiger partial charge on any atom is -0.371 e. The maximum atomic E-state index is 6.42. The molecule has 0 aromatic heterocycles. The number of benzene rings is 1. The van der Waals surface area contributed by atoms with Crippen molar-refractivity contribution < 1.29 is 0 Å². The van der Waals surface area contributed by atoms with Crippen LogP contribution in [-0.2, 0) is 6.54 Å². The zero-order valence-corrected chi connectivity index (χ0v) is 14.2. The van der Waals surface area contributed by atoms with Crippen LogP contribution in [0.15, 0.2) is 18.2 Å². The van der Waals surface area contributed by atoms with E-state index in [0.29, 0.717) is 12.0 Å². The standard InChI is InChI=1S/C16H25ClN2S/c1-12(2)9-18-10-13-4-5-14(8-16(13)17)19(3)15-6-7-20-11-15/h4-5,8,12,15,18H,6-7,9-11H2,1-3H3. The van der Waals surface area contributed by atoms with Crippen molar-refractivity contribution in [3.63, 3.8) is 0 Å². The van der Waals surface area contributed by atoms with Crippen molar-refractivity contribution in [1.29, 1.82) is 0 Å². The summed E-state index contributed by atoms with van der Waals surface area (Å²) < 4.78 is 0. The lowest BCUT2D eigenvalue weighted by molar-refractivity contribution is 0.552. The van der Waals surface area contributed by atoms with Crippen molar-refractivity contribution in [2.75, 3.05) is 30.0 Å². The average Bonchev–Trinajstić information content (AvgIpc) is 2.93. The largest absolute Gasteiger partial charge is 0.371 e. The first-order chi connectivity index (χ1) is 9.58. The molecule has 112 valence electrons. The van der Waals surface area contributed by atoms with E-state index in [2.05, 4.69) is 49.3 Å². The second-order valence-corrected chi connectivity index (χ2v) is 7.49. The first kappa shape index (κ1) is 16.0. The minimum atomic E-state index is 0.654. The van der Waals surface area contributed by atoms with Crippen molar-refractivity contribution >= 4 is 29.1 Å². The fraction of sp³-hybridized carbons (Fsp3) is 0.625. The highest BCUT2D eigenvalue weighted by Gasteiger charge is 2.20. The van der Waals surface area contributed by atoms with Gasteiger partial charge in [-0.2, -0.15) is 11.8 Å². The predicted octanol–water partition coefficient (Wildman–Crippen LogP) is 4.03. The van der Waals surface area contributed by atoms with Crippen molar-refractivity contribution in [2.45, 2.75) is 32.9 Å². The zero-order chi connectivity index (χ0) is 14.5. The second kappa shape index (κ2) is 7.58. The number of halogens is 1. The van der Waals surface area contributed by atoms with Crippen LogP contribution in [0.4, 0.5) is 5.69 Å². The normalized spacial score (nSPS) is 18.8. The summed E-state index contributed by atoms with van der Waals surface area (Å²) >= 11 is 8.47. The van der Waals surface area contributed by atoms with E-state index in [1.807, 2.05) is 11.8 Å². The summed E-state index contributed by atoms with van der Waals surface area (Å²) in [6, 6.07) is 7.11. The monoisotopic (exact) mass is 312 g/mol. The molecule has 0 amide bonds. The van der Waals surface area contributed by atoms with E-state index < -0.39 is 0 Å². The van der Waals surface area contributed by atoms with E-state index in [0.717, 1.165) is 18.1 Å². The first-order valence-corrected chi connectivity index (χ1v) is 8.91. The highest BCUT2D eigenvalue weighted by atomic mass is 35.5. The van der Waals surface area contributed by atoms with E-state index in [4.69, 9.17) is 11.6 Å². The molecule has 0 aliphatic carbocycles. The van der Waals surface area contributed by atoms with Crippen molar-refractivity contribution in [1.82, 2.24) is 5.32 Å². The van der Waals surface area contributed by atoms with E-state index in [1.54, 1.807) is 0 Å². The third kappa shape index (κ3) is 4.31. The van der Waals surface area contributed by atoms with E-state index in [9.17, 15) is 0 Å². The van der Waals surface area contributed by atoms with E-state index in [-0.39, 0.29) is 0 Å². The summed E-state index contributed by atoms with van der Waals surface area (Å²) in [6.45, 7) is 6.30. The number of anilines is 1. The van der Waals surface area contributed by atoms with Crippen LogP contribution in [0.25, 0.3) is 0 Å². The maximum Gasteiger partial charge on any atom is 0.0471 e. The Bertz CT molecular complexity index is 430. The Balaban J connectivity index is 1.97. The van der Waals surface area contributed by atoms with Crippen LogP contribution >= 0.6 is 23.4 Å². The highest BCUT2D eigenvalue weighted by Crippen LogP contribution is 2.29. The molecular weight excluding hydrogens is 288 g/mol. The SMILES string of the molecule is CC(C)CNCc1ccc(N(C)C2CCSC2)cc1Cl. The van der Waals surface area contributed by atoms with Crippen LogP contribution < -0.4 is 10.2 Å². The number of nitrogens with zero attached hydrogens (tertiary/aromatic N) is 1. The molecule has 1 heterocycles. The Morgan fingerprint density at radius 3 is 2.85 bits per heavy atom. The summed E-state index contributed by atoms with van der Waals surface area (Å²) in [5.41, 5.74) is 2.42. The Labute approximate surface area is 132 Å². The van der Waals surface area contributed by atoms with Gasteiger partial charge in [0.05, 0.1) is 0 Å². The minimum absolute atomic E-state index is 0.654. The fourth-order valence-corrected chi connectivity index (χ4v) is 3.94. The van der Waals surface area contributed by atoms with Crippen molar-refractivity contribution in [3.05, 3.63) is 28.8 Å². The van der Waals surface area contributed by atoms with Gasteiger partial charge in [0.25, 0.3) is 0 Å².